The van der Waals surface area contributed by atoms with Crippen LogP contribution in [0.15, 0.2) is 0 Å². The first kappa shape index (κ1) is 9.15. The molecule has 0 aliphatic heterocycles. The van der Waals surface area contributed by atoms with E-state index in [4.69, 9.17) is 10.8 Å². The monoisotopic (exact) mass is 224 g/mol. The predicted molar refractivity (Wildman–Crippen MR) is 57.1 cm³/mol. The maximum Gasteiger partial charge on any atom is 0.357 e. The molecule has 80 valence electrons. The molecule has 1 heterocycles. The number of nitrogens with two attached hydrogens (primary N) is 1. The Morgan fingerprint density at radius 3 is 2.60 bits per heavy atom. The molecule has 2 unspecified atom stereocenters. The van der Waals surface area contributed by atoms with Crippen molar-refractivity contribution in [3.63, 3.8) is 0 Å². The summed E-state index contributed by atoms with van der Waals surface area (Å²) in [5.41, 5.74) is 5.67. The van der Waals surface area contributed by atoms with Crippen molar-refractivity contribution in [1.82, 2.24) is 4.98 Å². The molecule has 3 N–H and O–H groups in total. The van der Waals surface area contributed by atoms with Gasteiger partial charge in [0.15, 0.2) is 5.69 Å². The number of fused-ring (bicyclic) bond motifs is 1. The standard InChI is InChI=1S/C10H12N2O2S/c11-8-7(10(13)14)12-9(15-8)6-2-4-1-5(4)3-6/h4-6H,1-3,11H2,(H,13,14). The second kappa shape index (κ2) is 2.95. The molecule has 1 aromatic rings. The Hall–Kier alpha value is -1.10. The zero-order valence-electron chi connectivity index (χ0n) is 8.14. The molecule has 1 aromatic heterocycles. The first-order chi connectivity index (χ1) is 7.15. The first-order valence-corrected chi connectivity index (χ1v) is 5.96. The molecule has 2 aliphatic carbocycles. The second-order valence-corrected chi connectivity index (χ2v) is 5.56. The molecule has 0 spiro atoms. The third-order valence-corrected chi connectivity index (χ3v) is 4.51. The zero-order valence-corrected chi connectivity index (χ0v) is 8.96. The Morgan fingerprint density at radius 1 is 1.40 bits per heavy atom. The highest BCUT2D eigenvalue weighted by atomic mass is 32.1. The van der Waals surface area contributed by atoms with Gasteiger partial charge >= 0.3 is 5.97 Å². The van der Waals surface area contributed by atoms with Crippen LogP contribution in [0.5, 0.6) is 0 Å². The molecule has 15 heavy (non-hydrogen) atoms. The SMILES string of the molecule is Nc1sc(C2CC3CC3C2)nc1C(=O)O. The lowest BCUT2D eigenvalue weighted by Crippen LogP contribution is -2.01. The molecule has 4 nitrogen and oxygen atoms in total. The van der Waals surface area contributed by atoms with Gasteiger partial charge in [0, 0.05) is 5.92 Å². The number of carboxylic acids is 1. The summed E-state index contributed by atoms with van der Waals surface area (Å²) >= 11 is 1.35. The van der Waals surface area contributed by atoms with Gasteiger partial charge in [0.05, 0.1) is 5.01 Å². The lowest BCUT2D eigenvalue weighted by atomic mass is 10.1. The predicted octanol–water partition coefficient (Wildman–Crippen LogP) is 1.94. The van der Waals surface area contributed by atoms with Gasteiger partial charge < -0.3 is 10.8 Å². The van der Waals surface area contributed by atoms with Gasteiger partial charge in [-0.15, -0.1) is 11.3 Å². The van der Waals surface area contributed by atoms with Crippen LogP contribution >= 0.6 is 11.3 Å². The number of carboxylic acid groups (broad SMARTS) is 1. The zero-order chi connectivity index (χ0) is 10.6. The van der Waals surface area contributed by atoms with Crippen molar-refractivity contribution in [2.75, 3.05) is 5.73 Å². The van der Waals surface area contributed by atoms with Crippen LogP contribution in [0.3, 0.4) is 0 Å². The molecular formula is C10H12N2O2S. The van der Waals surface area contributed by atoms with Gasteiger partial charge in [-0.05, 0) is 31.1 Å². The van der Waals surface area contributed by atoms with Crippen molar-refractivity contribution >= 4 is 22.3 Å². The van der Waals surface area contributed by atoms with Gasteiger partial charge in [-0.1, -0.05) is 0 Å². The Bertz CT molecular complexity index is 419. The minimum Gasteiger partial charge on any atom is -0.476 e. The third kappa shape index (κ3) is 1.42. The van der Waals surface area contributed by atoms with Crippen molar-refractivity contribution in [3.8, 4) is 0 Å². The Balaban J connectivity index is 1.86. The van der Waals surface area contributed by atoms with Crippen molar-refractivity contribution in [2.24, 2.45) is 11.8 Å². The molecule has 0 amide bonds. The van der Waals surface area contributed by atoms with E-state index in [9.17, 15) is 4.79 Å². The first-order valence-electron chi connectivity index (χ1n) is 5.14. The van der Waals surface area contributed by atoms with Crippen LogP contribution in [0.4, 0.5) is 5.00 Å². The topological polar surface area (TPSA) is 76.2 Å². The highest BCUT2D eigenvalue weighted by Gasteiger charge is 2.47. The summed E-state index contributed by atoms with van der Waals surface area (Å²) < 4.78 is 0. The fourth-order valence-corrected chi connectivity index (χ4v) is 3.54. The van der Waals surface area contributed by atoms with Gasteiger partial charge in [0.1, 0.15) is 5.00 Å². The smallest absolute Gasteiger partial charge is 0.357 e. The van der Waals surface area contributed by atoms with E-state index in [1.54, 1.807) is 0 Å². The van der Waals surface area contributed by atoms with Crippen molar-refractivity contribution < 1.29 is 9.90 Å². The molecule has 2 aliphatic rings. The summed E-state index contributed by atoms with van der Waals surface area (Å²) in [5, 5.41) is 10.1. The summed E-state index contributed by atoms with van der Waals surface area (Å²) in [6.07, 6.45) is 3.72. The Labute approximate surface area is 91.1 Å². The van der Waals surface area contributed by atoms with Crippen LogP contribution in [0, 0.1) is 11.8 Å². The Kier molecular flexibility index (Phi) is 1.80. The van der Waals surface area contributed by atoms with Crippen LogP contribution in [-0.2, 0) is 0 Å². The van der Waals surface area contributed by atoms with E-state index in [2.05, 4.69) is 4.98 Å². The number of hydrogen-bond donors (Lipinski definition) is 2. The highest BCUT2D eigenvalue weighted by Crippen LogP contribution is 2.58. The Morgan fingerprint density at radius 2 is 2.07 bits per heavy atom. The second-order valence-electron chi connectivity index (χ2n) is 4.49. The number of rotatable bonds is 2. The summed E-state index contributed by atoms with van der Waals surface area (Å²) in [7, 11) is 0. The summed E-state index contributed by atoms with van der Waals surface area (Å²) in [6, 6.07) is 0. The maximum atomic E-state index is 10.8. The van der Waals surface area contributed by atoms with Gasteiger partial charge in [-0.25, -0.2) is 9.78 Å². The summed E-state index contributed by atoms with van der Waals surface area (Å²) in [6.45, 7) is 0. The number of nitrogens with zero attached hydrogens (tertiary/aromatic N) is 1. The fourth-order valence-electron chi connectivity index (χ4n) is 2.59. The molecule has 2 saturated carbocycles. The van der Waals surface area contributed by atoms with E-state index in [0.29, 0.717) is 10.9 Å². The average molecular weight is 224 g/mol. The number of carbonyl (C=O) groups is 1. The number of thiazole rings is 1. The molecule has 3 rings (SSSR count). The minimum absolute atomic E-state index is 0.0376. The normalized spacial score (nSPS) is 32.7. The van der Waals surface area contributed by atoms with Crippen LogP contribution in [0.2, 0.25) is 0 Å². The van der Waals surface area contributed by atoms with Gasteiger partial charge in [0.2, 0.25) is 0 Å². The molecule has 5 heteroatoms. The average Bonchev–Trinajstić information content (AvgIpc) is 2.61. The van der Waals surface area contributed by atoms with E-state index in [-0.39, 0.29) is 5.69 Å². The van der Waals surface area contributed by atoms with Gasteiger partial charge in [-0.2, -0.15) is 0 Å². The van der Waals surface area contributed by atoms with Crippen LogP contribution in [0.1, 0.15) is 40.7 Å². The fraction of sp³-hybridized carbons (Fsp3) is 0.600. The van der Waals surface area contributed by atoms with Crippen molar-refractivity contribution in [1.29, 1.82) is 0 Å². The highest BCUT2D eigenvalue weighted by molar-refractivity contribution is 7.16. The largest absolute Gasteiger partial charge is 0.476 e. The molecule has 2 fully saturated rings. The van der Waals surface area contributed by atoms with E-state index in [0.717, 1.165) is 16.8 Å². The summed E-state index contributed by atoms with van der Waals surface area (Å²) in [4.78, 5) is 14.9. The van der Waals surface area contributed by atoms with Crippen LogP contribution in [-0.4, -0.2) is 16.1 Å². The van der Waals surface area contributed by atoms with E-state index in [1.165, 1.54) is 30.6 Å². The number of nitrogen functional groups attached to an aromatic ring is 1. The van der Waals surface area contributed by atoms with E-state index in [1.807, 2.05) is 0 Å². The van der Waals surface area contributed by atoms with Gasteiger partial charge in [0.25, 0.3) is 0 Å². The molecule has 2 atom stereocenters. The van der Waals surface area contributed by atoms with Gasteiger partial charge in [-0.3, -0.25) is 0 Å². The molecule has 0 bridgehead atoms. The number of anilines is 1. The van der Waals surface area contributed by atoms with Crippen LogP contribution in [0.25, 0.3) is 0 Å². The maximum absolute atomic E-state index is 10.8. The van der Waals surface area contributed by atoms with Crippen molar-refractivity contribution in [3.05, 3.63) is 10.7 Å². The molecule has 0 saturated heterocycles. The van der Waals surface area contributed by atoms with E-state index >= 15 is 0 Å². The number of aromatic nitrogens is 1. The minimum atomic E-state index is -1.02. The number of aromatic carboxylic acids is 1. The molecular weight excluding hydrogens is 212 g/mol. The van der Waals surface area contributed by atoms with Crippen LogP contribution < -0.4 is 5.73 Å². The van der Waals surface area contributed by atoms with Crippen molar-refractivity contribution in [2.45, 2.75) is 25.2 Å². The number of hydrogen-bond acceptors (Lipinski definition) is 4. The van der Waals surface area contributed by atoms with E-state index < -0.39 is 5.97 Å². The quantitative estimate of drug-likeness (QED) is 0.804. The lowest BCUT2D eigenvalue weighted by molar-refractivity contribution is 0.0692. The summed E-state index contributed by atoms with van der Waals surface area (Å²) in [5.74, 6) is 1.22. The molecule has 0 aromatic carbocycles. The third-order valence-electron chi connectivity index (χ3n) is 3.47. The molecule has 0 radical (unpaired) electrons. The lowest BCUT2D eigenvalue weighted by Gasteiger charge is -2.06.